The maximum atomic E-state index is 11.6. The van der Waals surface area contributed by atoms with Crippen molar-refractivity contribution in [3.05, 3.63) is 23.9 Å². The molecule has 0 radical (unpaired) electrons. The van der Waals surface area contributed by atoms with Gasteiger partial charge in [0, 0.05) is 12.6 Å². The van der Waals surface area contributed by atoms with Crippen LogP contribution in [0.1, 0.15) is 18.4 Å². The molecular weight excluding hydrogens is 208 g/mol. The molecule has 84 valence electrons. The molecule has 1 unspecified atom stereocenters. The first kappa shape index (κ1) is 10.6. The van der Waals surface area contributed by atoms with Crippen LogP contribution in [0, 0.1) is 6.92 Å². The Bertz CT molecular complexity index is 427. The molecular formula is C11H12N2O3. The van der Waals surface area contributed by atoms with E-state index in [1.165, 1.54) is 4.90 Å². The maximum Gasteiger partial charge on any atom is 0.326 e. The van der Waals surface area contributed by atoms with Crippen molar-refractivity contribution >= 4 is 17.7 Å². The fourth-order valence-corrected chi connectivity index (χ4v) is 1.81. The van der Waals surface area contributed by atoms with Gasteiger partial charge in [-0.3, -0.25) is 9.69 Å². The van der Waals surface area contributed by atoms with E-state index in [2.05, 4.69) is 4.98 Å². The Morgan fingerprint density at radius 2 is 2.31 bits per heavy atom. The quantitative estimate of drug-likeness (QED) is 0.806. The van der Waals surface area contributed by atoms with Crippen molar-refractivity contribution in [3.8, 4) is 0 Å². The summed E-state index contributed by atoms with van der Waals surface area (Å²) >= 11 is 0. The number of hydrogen-bond acceptors (Lipinski definition) is 3. The van der Waals surface area contributed by atoms with E-state index >= 15 is 0 Å². The number of carboxylic acid groups (broad SMARTS) is 1. The molecule has 16 heavy (non-hydrogen) atoms. The van der Waals surface area contributed by atoms with Crippen LogP contribution in [0.4, 0.5) is 5.82 Å². The average Bonchev–Trinajstić information content (AvgIpc) is 2.62. The predicted molar refractivity (Wildman–Crippen MR) is 57.1 cm³/mol. The van der Waals surface area contributed by atoms with Crippen molar-refractivity contribution in [1.29, 1.82) is 0 Å². The second kappa shape index (κ2) is 3.92. The third kappa shape index (κ3) is 1.76. The molecule has 1 amide bonds. The lowest BCUT2D eigenvalue weighted by Crippen LogP contribution is -2.39. The van der Waals surface area contributed by atoms with Gasteiger partial charge in [-0.25, -0.2) is 9.78 Å². The summed E-state index contributed by atoms with van der Waals surface area (Å²) in [5.41, 5.74) is 0.974. The maximum absolute atomic E-state index is 11.6. The molecule has 0 saturated carbocycles. The molecule has 1 aliphatic rings. The number of amides is 1. The minimum atomic E-state index is -0.978. The van der Waals surface area contributed by atoms with E-state index in [9.17, 15) is 9.59 Å². The summed E-state index contributed by atoms with van der Waals surface area (Å²) in [5, 5.41) is 9.00. The van der Waals surface area contributed by atoms with Crippen LogP contribution in [0.2, 0.25) is 0 Å². The van der Waals surface area contributed by atoms with Crippen LogP contribution in [-0.4, -0.2) is 28.0 Å². The third-order valence-corrected chi connectivity index (χ3v) is 2.64. The zero-order valence-electron chi connectivity index (χ0n) is 8.88. The molecule has 0 aliphatic carbocycles. The van der Waals surface area contributed by atoms with Gasteiger partial charge in [-0.2, -0.15) is 0 Å². The van der Waals surface area contributed by atoms with E-state index in [4.69, 9.17) is 5.11 Å². The molecule has 0 spiro atoms. The van der Waals surface area contributed by atoms with Crippen LogP contribution in [0.5, 0.6) is 0 Å². The first-order valence-electron chi connectivity index (χ1n) is 5.07. The lowest BCUT2D eigenvalue weighted by atomic mass is 10.2. The number of nitrogens with zero attached hydrogens (tertiary/aromatic N) is 2. The lowest BCUT2D eigenvalue weighted by Gasteiger charge is -2.20. The van der Waals surface area contributed by atoms with Crippen molar-refractivity contribution in [2.24, 2.45) is 0 Å². The summed E-state index contributed by atoms with van der Waals surface area (Å²) in [6.45, 7) is 1.89. The summed E-state index contributed by atoms with van der Waals surface area (Å²) in [6.07, 6.45) is 2.25. The minimum absolute atomic E-state index is 0.177. The Labute approximate surface area is 92.7 Å². The molecule has 5 nitrogen and oxygen atoms in total. The highest BCUT2D eigenvalue weighted by molar-refractivity contribution is 6.01. The van der Waals surface area contributed by atoms with E-state index in [1.54, 1.807) is 12.3 Å². The van der Waals surface area contributed by atoms with Gasteiger partial charge in [0.15, 0.2) is 0 Å². The van der Waals surface area contributed by atoms with Crippen molar-refractivity contribution < 1.29 is 14.7 Å². The summed E-state index contributed by atoms with van der Waals surface area (Å²) in [4.78, 5) is 27.9. The van der Waals surface area contributed by atoms with Crippen LogP contribution < -0.4 is 4.90 Å². The Hall–Kier alpha value is -1.91. The fourth-order valence-electron chi connectivity index (χ4n) is 1.81. The Kier molecular flexibility index (Phi) is 2.60. The fraction of sp³-hybridized carbons (Fsp3) is 0.364. The summed E-state index contributed by atoms with van der Waals surface area (Å²) in [5.74, 6) is -0.738. The Morgan fingerprint density at radius 1 is 1.56 bits per heavy atom. The predicted octanol–water partition coefficient (Wildman–Crippen LogP) is 0.970. The highest BCUT2D eigenvalue weighted by Gasteiger charge is 2.37. The Morgan fingerprint density at radius 3 is 2.88 bits per heavy atom. The molecule has 1 aliphatic heterocycles. The van der Waals surface area contributed by atoms with Gasteiger partial charge in [-0.1, -0.05) is 6.07 Å². The van der Waals surface area contributed by atoms with E-state index in [1.807, 2.05) is 13.0 Å². The number of aromatic nitrogens is 1. The lowest BCUT2D eigenvalue weighted by molar-refractivity contribution is -0.138. The van der Waals surface area contributed by atoms with Crippen LogP contribution in [-0.2, 0) is 9.59 Å². The molecule has 1 N–H and O–H groups in total. The molecule has 1 aromatic heterocycles. The number of aliphatic carboxylic acids is 1. The SMILES string of the molecule is Cc1ccc(N2C(=O)CCC2C(=O)O)nc1. The van der Waals surface area contributed by atoms with Gasteiger partial charge in [-0.15, -0.1) is 0 Å². The summed E-state index contributed by atoms with van der Waals surface area (Å²) < 4.78 is 0. The number of aryl methyl sites for hydroxylation is 1. The van der Waals surface area contributed by atoms with Crippen LogP contribution in [0.15, 0.2) is 18.3 Å². The summed E-state index contributed by atoms with van der Waals surface area (Å²) in [6, 6.07) is 2.71. The average molecular weight is 220 g/mol. The molecule has 1 atom stereocenters. The van der Waals surface area contributed by atoms with Gasteiger partial charge in [0.05, 0.1) is 0 Å². The largest absolute Gasteiger partial charge is 0.480 e. The van der Waals surface area contributed by atoms with Crippen molar-refractivity contribution in [2.75, 3.05) is 4.90 Å². The highest BCUT2D eigenvalue weighted by atomic mass is 16.4. The number of hydrogen-bond donors (Lipinski definition) is 1. The number of pyridine rings is 1. The smallest absolute Gasteiger partial charge is 0.326 e. The number of rotatable bonds is 2. The van der Waals surface area contributed by atoms with Crippen molar-refractivity contribution in [1.82, 2.24) is 4.98 Å². The molecule has 1 fully saturated rings. The number of anilines is 1. The van der Waals surface area contributed by atoms with Crippen molar-refractivity contribution in [3.63, 3.8) is 0 Å². The van der Waals surface area contributed by atoms with Crippen LogP contribution in [0.3, 0.4) is 0 Å². The van der Waals surface area contributed by atoms with Crippen LogP contribution >= 0.6 is 0 Å². The first-order chi connectivity index (χ1) is 7.59. The monoisotopic (exact) mass is 220 g/mol. The Balaban J connectivity index is 2.33. The summed E-state index contributed by atoms with van der Waals surface area (Å²) in [7, 11) is 0. The topological polar surface area (TPSA) is 70.5 Å². The van der Waals surface area contributed by atoms with Gasteiger partial charge < -0.3 is 5.11 Å². The number of carboxylic acids is 1. The molecule has 5 heteroatoms. The highest BCUT2D eigenvalue weighted by Crippen LogP contribution is 2.25. The standard InChI is InChI=1S/C11H12N2O3/c1-7-2-4-9(12-6-7)13-8(11(15)16)3-5-10(13)14/h2,4,6,8H,3,5H2,1H3,(H,15,16). The molecule has 0 bridgehead atoms. The van der Waals surface area contributed by atoms with Gasteiger partial charge in [0.25, 0.3) is 0 Å². The van der Waals surface area contributed by atoms with Gasteiger partial charge in [-0.05, 0) is 25.0 Å². The molecule has 2 heterocycles. The number of carbonyl (C=O) groups excluding carboxylic acids is 1. The van der Waals surface area contributed by atoms with E-state index in [-0.39, 0.29) is 12.3 Å². The normalized spacial score (nSPS) is 20.2. The zero-order valence-corrected chi connectivity index (χ0v) is 8.88. The molecule has 0 aromatic carbocycles. The zero-order chi connectivity index (χ0) is 11.7. The van der Waals surface area contributed by atoms with E-state index in [0.717, 1.165) is 5.56 Å². The van der Waals surface area contributed by atoms with E-state index in [0.29, 0.717) is 12.2 Å². The van der Waals surface area contributed by atoms with Gasteiger partial charge in [0.1, 0.15) is 11.9 Å². The second-order valence-electron chi connectivity index (χ2n) is 3.85. The third-order valence-electron chi connectivity index (χ3n) is 2.64. The van der Waals surface area contributed by atoms with Gasteiger partial charge in [0.2, 0.25) is 5.91 Å². The second-order valence-corrected chi connectivity index (χ2v) is 3.85. The van der Waals surface area contributed by atoms with Gasteiger partial charge >= 0.3 is 5.97 Å². The first-order valence-corrected chi connectivity index (χ1v) is 5.07. The number of carbonyl (C=O) groups is 2. The molecule has 2 rings (SSSR count). The van der Waals surface area contributed by atoms with Crippen molar-refractivity contribution in [2.45, 2.75) is 25.8 Å². The van der Waals surface area contributed by atoms with E-state index < -0.39 is 12.0 Å². The molecule has 1 aromatic rings. The van der Waals surface area contributed by atoms with Crippen LogP contribution in [0.25, 0.3) is 0 Å². The molecule has 1 saturated heterocycles. The minimum Gasteiger partial charge on any atom is -0.480 e.